The summed E-state index contributed by atoms with van der Waals surface area (Å²) in [5, 5.41) is 4.23. The number of nitrogen functional groups attached to an aromatic ring is 1. The Morgan fingerprint density at radius 1 is 1.33 bits per heavy atom. The van der Waals surface area contributed by atoms with Crippen molar-refractivity contribution in [1.29, 1.82) is 0 Å². The molecule has 3 rings (SSSR count). The van der Waals surface area contributed by atoms with Crippen LogP contribution in [0.3, 0.4) is 0 Å². The summed E-state index contributed by atoms with van der Waals surface area (Å²) < 4.78 is 0. The van der Waals surface area contributed by atoms with E-state index < -0.39 is 0 Å². The number of hydrazine groups is 1. The maximum Gasteiger partial charge on any atom is 0.256 e. The Morgan fingerprint density at radius 3 is 2.81 bits per heavy atom. The van der Waals surface area contributed by atoms with Crippen LogP contribution in [0.5, 0.6) is 0 Å². The van der Waals surface area contributed by atoms with Crippen LogP contribution in [0.15, 0.2) is 30.5 Å². The number of pyridine rings is 1. The second-order valence-corrected chi connectivity index (χ2v) is 4.79. The van der Waals surface area contributed by atoms with E-state index in [9.17, 15) is 9.59 Å². The first-order chi connectivity index (χ1) is 10.2. The van der Waals surface area contributed by atoms with Crippen molar-refractivity contribution in [2.75, 3.05) is 25.1 Å². The SMILES string of the molecule is NNc1ncc(C(=O)N2CCNC(=O)C2)c2ccccc12. The summed E-state index contributed by atoms with van der Waals surface area (Å²) in [7, 11) is 0. The summed E-state index contributed by atoms with van der Waals surface area (Å²) in [6.45, 7) is 1.04. The number of aromatic nitrogens is 1. The molecule has 1 fully saturated rings. The molecule has 2 heterocycles. The average Bonchev–Trinajstić information content (AvgIpc) is 2.53. The van der Waals surface area contributed by atoms with E-state index in [1.165, 1.54) is 11.1 Å². The van der Waals surface area contributed by atoms with E-state index in [4.69, 9.17) is 5.84 Å². The Hall–Kier alpha value is -2.67. The van der Waals surface area contributed by atoms with Gasteiger partial charge in [0.2, 0.25) is 5.91 Å². The van der Waals surface area contributed by atoms with Crippen LogP contribution in [0.2, 0.25) is 0 Å². The molecule has 0 atom stereocenters. The van der Waals surface area contributed by atoms with Crippen molar-refractivity contribution in [2.24, 2.45) is 5.84 Å². The van der Waals surface area contributed by atoms with E-state index in [-0.39, 0.29) is 18.4 Å². The van der Waals surface area contributed by atoms with Gasteiger partial charge in [-0.1, -0.05) is 24.3 Å². The molecule has 2 amide bonds. The molecule has 0 radical (unpaired) electrons. The monoisotopic (exact) mass is 285 g/mol. The number of fused-ring (bicyclic) bond motifs is 1. The van der Waals surface area contributed by atoms with Gasteiger partial charge in [0.05, 0.1) is 12.1 Å². The summed E-state index contributed by atoms with van der Waals surface area (Å²) >= 11 is 0. The summed E-state index contributed by atoms with van der Waals surface area (Å²) in [4.78, 5) is 29.7. The number of carbonyl (C=O) groups excluding carboxylic acids is 2. The lowest BCUT2D eigenvalue weighted by Gasteiger charge is -2.27. The van der Waals surface area contributed by atoms with Crippen molar-refractivity contribution in [3.8, 4) is 0 Å². The topological polar surface area (TPSA) is 100 Å². The van der Waals surface area contributed by atoms with Crippen LogP contribution in [0.4, 0.5) is 5.82 Å². The van der Waals surface area contributed by atoms with Gasteiger partial charge in [-0.05, 0) is 5.39 Å². The fraction of sp³-hybridized carbons (Fsp3) is 0.214. The highest BCUT2D eigenvalue weighted by Gasteiger charge is 2.24. The number of nitrogens with two attached hydrogens (primary N) is 1. The minimum absolute atomic E-state index is 0.0735. The van der Waals surface area contributed by atoms with Gasteiger partial charge in [-0.15, -0.1) is 0 Å². The lowest BCUT2D eigenvalue weighted by Crippen LogP contribution is -2.50. The highest BCUT2D eigenvalue weighted by atomic mass is 16.2. The Bertz CT molecular complexity index is 716. The van der Waals surface area contributed by atoms with Crippen LogP contribution in [-0.4, -0.2) is 41.3 Å². The number of anilines is 1. The minimum Gasteiger partial charge on any atom is -0.353 e. The van der Waals surface area contributed by atoms with Gasteiger partial charge in [-0.25, -0.2) is 10.8 Å². The van der Waals surface area contributed by atoms with Crippen LogP contribution in [0, 0.1) is 0 Å². The molecule has 7 heteroatoms. The van der Waals surface area contributed by atoms with Crippen molar-refractivity contribution >= 4 is 28.4 Å². The Labute approximate surface area is 121 Å². The summed E-state index contributed by atoms with van der Waals surface area (Å²) in [5.41, 5.74) is 2.99. The van der Waals surface area contributed by atoms with E-state index in [1.807, 2.05) is 24.3 Å². The van der Waals surface area contributed by atoms with Crippen LogP contribution >= 0.6 is 0 Å². The maximum atomic E-state index is 12.6. The fourth-order valence-corrected chi connectivity index (χ4v) is 2.46. The number of hydrogen-bond donors (Lipinski definition) is 3. The zero-order chi connectivity index (χ0) is 14.8. The largest absolute Gasteiger partial charge is 0.353 e. The molecule has 1 aliphatic heterocycles. The van der Waals surface area contributed by atoms with E-state index in [2.05, 4.69) is 15.7 Å². The molecule has 7 nitrogen and oxygen atoms in total. The third kappa shape index (κ3) is 2.38. The van der Waals surface area contributed by atoms with E-state index in [1.54, 1.807) is 0 Å². The lowest BCUT2D eigenvalue weighted by atomic mass is 10.1. The summed E-state index contributed by atoms with van der Waals surface area (Å²) in [6, 6.07) is 7.39. The molecule has 21 heavy (non-hydrogen) atoms. The molecule has 1 aromatic heterocycles. The van der Waals surface area contributed by atoms with Crippen LogP contribution in [0.25, 0.3) is 10.8 Å². The predicted octanol–water partition coefficient (Wildman–Crippen LogP) is 0.0924. The molecule has 108 valence electrons. The van der Waals surface area contributed by atoms with E-state index in [0.29, 0.717) is 24.5 Å². The molecular formula is C14H15N5O2. The van der Waals surface area contributed by atoms with Gasteiger partial charge in [0, 0.05) is 24.7 Å². The van der Waals surface area contributed by atoms with Crippen molar-refractivity contribution in [1.82, 2.24) is 15.2 Å². The number of rotatable bonds is 2. The number of hydrogen-bond acceptors (Lipinski definition) is 5. The molecule has 0 aliphatic carbocycles. The van der Waals surface area contributed by atoms with Gasteiger partial charge in [0.15, 0.2) is 0 Å². The van der Waals surface area contributed by atoms with Gasteiger partial charge < -0.3 is 15.6 Å². The third-order valence-corrected chi connectivity index (χ3v) is 3.49. The van der Waals surface area contributed by atoms with Crippen LogP contribution in [0.1, 0.15) is 10.4 Å². The number of benzene rings is 1. The number of nitrogens with one attached hydrogen (secondary N) is 2. The molecule has 1 aromatic carbocycles. The van der Waals surface area contributed by atoms with Gasteiger partial charge in [0.25, 0.3) is 5.91 Å². The zero-order valence-corrected chi connectivity index (χ0v) is 11.3. The Morgan fingerprint density at radius 2 is 2.10 bits per heavy atom. The van der Waals surface area contributed by atoms with Crippen LogP contribution in [-0.2, 0) is 4.79 Å². The minimum atomic E-state index is -0.197. The van der Waals surface area contributed by atoms with E-state index in [0.717, 1.165) is 10.8 Å². The second-order valence-electron chi connectivity index (χ2n) is 4.79. The molecule has 0 saturated carbocycles. The fourth-order valence-electron chi connectivity index (χ4n) is 2.46. The van der Waals surface area contributed by atoms with E-state index >= 15 is 0 Å². The van der Waals surface area contributed by atoms with Gasteiger partial charge >= 0.3 is 0 Å². The second kappa shape index (κ2) is 5.37. The average molecular weight is 285 g/mol. The zero-order valence-electron chi connectivity index (χ0n) is 11.3. The van der Waals surface area contributed by atoms with Crippen molar-refractivity contribution in [3.05, 3.63) is 36.0 Å². The predicted molar refractivity (Wildman–Crippen MR) is 78.5 cm³/mol. The van der Waals surface area contributed by atoms with Gasteiger partial charge in [-0.2, -0.15) is 0 Å². The number of carbonyl (C=O) groups is 2. The summed E-state index contributed by atoms with van der Waals surface area (Å²) in [6.07, 6.45) is 1.49. The molecular weight excluding hydrogens is 270 g/mol. The first-order valence-electron chi connectivity index (χ1n) is 6.61. The van der Waals surface area contributed by atoms with Crippen molar-refractivity contribution in [3.63, 3.8) is 0 Å². The third-order valence-electron chi connectivity index (χ3n) is 3.49. The molecule has 1 aliphatic rings. The smallest absolute Gasteiger partial charge is 0.256 e. The number of piperazine rings is 1. The van der Waals surface area contributed by atoms with Crippen LogP contribution < -0.4 is 16.6 Å². The molecule has 0 spiro atoms. The highest BCUT2D eigenvalue weighted by molar-refractivity contribution is 6.09. The molecule has 4 N–H and O–H groups in total. The van der Waals surface area contributed by atoms with Gasteiger partial charge in [-0.3, -0.25) is 9.59 Å². The van der Waals surface area contributed by atoms with Crippen molar-refractivity contribution in [2.45, 2.75) is 0 Å². The van der Waals surface area contributed by atoms with Crippen molar-refractivity contribution < 1.29 is 9.59 Å². The first-order valence-corrected chi connectivity index (χ1v) is 6.61. The Kier molecular flexibility index (Phi) is 3.41. The standard InChI is InChI=1S/C14H15N5O2/c15-18-13-10-4-2-1-3-9(10)11(7-17-13)14(21)19-6-5-16-12(20)8-19/h1-4,7H,5-6,8,15H2,(H,16,20)(H,17,18). The quantitative estimate of drug-likeness (QED) is 0.536. The maximum absolute atomic E-state index is 12.6. The summed E-state index contributed by atoms with van der Waals surface area (Å²) in [5.74, 6) is 5.61. The van der Waals surface area contributed by atoms with Gasteiger partial charge in [0.1, 0.15) is 5.82 Å². The molecule has 1 saturated heterocycles. The molecule has 0 unspecified atom stereocenters. The molecule has 0 bridgehead atoms. The lowest BCUT2D eigenvalue weighted by molar-refractivity contribution is -0.123. The first kappa shape index (κ1) is 13.3. The number of nitrogens with zero attached hydrogens (tertiary/aromatic N) is 2. The number of amides is 2. The highest BCUT2D eigenvalue weighted by Crippen LogP contribution is 2.24. The Balaban J connectivity index is 2.04. The molecule has 2 aromatic rings. The normalized spacial score (nSPS) is 14.9.